The minimum Gasteiger partial charge on any atom is -0.330 e. The third-order valence-electron chi connectivity index (χ3n) is 3.52. The molecule has 1 atom stereocenters. The van der Waals surface area contributed by atoms with Crippen LogP contribution in [-0.4, -0.2) is 33.8 Å². The van der Waals surface area contributed by atoms with Crippen LogP contribution < -0.4 is 10.6 Å². The van der Waals surface area contributed by atoms with Gasteiger partial charge in [0.25, 0.3) is 0 Å². The molecule has 21 heavy (non-hydrogen) atoms. The van der Waals surface area contributed by atoms with Crippen LogP contribution in [0.3, 0.4) is 0 Å². The van der Waals surface area contributed by atoms with Crippen molar-refractivity contribution < 1.29 is 4.79 Å². The van der Waals surface area contributed by atoms with Crippen molar-refractivity contribution >= 4 is 11.7 Å². The molecular weight excluding hydrogens is 268 g/mol. The maximum atomic E-state index is 12.2. The number of carbonyl (C=O) groups excluding carboxylic acids is 1. The lowest BCUT2D eigenvalue weighted by atomic mass is 10.1. The number of nitrogens with two attached hydrogens (primary N) is 1. The zero-order chi connectivity index (χ0) is 14.8. The zero-order valence-corrected chi connectivity index (χ0v) is 11.3. The van der Waals surface area contributed by atoms with Gasteiger partial charge < -0.3 is 5.73 Å². The number of carbonyl (C=O) groups is 1. The predicted molar refractivity (Wildman–Crippen MR) is 75.6 cm³/mol. The molecular formula is C14H14N6O. The van der Waals surface area contributed by atoms with Gasteiger partial charge in [-0.3, -0.25) is 9.69 Å². The first kappa shape index (κ1) is 13.3. The number of nitriles is 1. The first-order chi connectivity index (χ1) is 10.2. The molecule has 0 spiro atoms. The minimum atomic E-state index is -0.0420. The van der Waals surface area contributed by atoms with Gasteiger partial charge in [0, 0.05) is 19.2 Å². The molecule has 2 N–H and O–H groups in total. The highest BCUT2D eigenvalue weighted by Crippen LogP contribution is 2.29. The van der Waals surface area contributed by atoms with Crippen LogP contribution in [0.5, 0.6) is 0 Å². The highest BCUT2D eigenvalue weighted by atomic mass is 16.2. The number of hydrogen-bond acceptors (Lipinski definition) is 5. The second-order valence-corrected chi connectivity index (χ2v) is 4.90. The molecule has 0 radical (unpaired) electrons. The highest BCUT2D eigenvalue weighted by molar-refractivity contribution is 5.96. The topological polar surface area (TPSA) is 101 Å². The van der Waals surface area contributed by atoms with E-state index in [1.54, 1.807) is 23.2 Å². The Balaban J connectivity index is 2.08. The van der Waals surface area contributed by atoms with E-state index >= 15 is 0 Å². The summed E-state index contributed by atoms with van der Waals surface area (Å²) < 4.78 is 1.52. The van der Waals surface area contributed by atoms with E-state index in [4.69, 9.17) is 5.73 Å². The molecule has 0 saturated carbocycles. The molecule has 7 heteroatoms. The average Bonchev–Trinajstić information content (AvgIpc) is 3.10. The summed E-state index contributed by atoms with van der Waals surface area (Å²) in [6, 6.07) is 7.48. The first-order valence-electron chi connectivity index (χ1n) is 6.64. The van der Waals surface area contributed by atoms with Gasteiger partial charge in [-0.25, -0.2) is 4.98 Å². The number of hydrogen-bond donors (Lipinski definition) is 1. The van der Waals surface area contributed by atoms with Crippen LogP contribution >= 0.6 is 0 Å². The summed E-state index contributed by atoms with van der Waals surface area (Å²) in [4.78, 5) is 18.0. The molecule has 0 bridgehead atoms. The normalized spacial score (nSPS) is 18.0. The van der Waals surface area contributed by atoms with Gasteiger partial charge in [-0.05, 0) is 24.6 Å². The number of nitrogens with zero attached hydrogens (tertiary/aromatic N) is 5. The average molecular weight is 282 g/mol. The molecule has 2 aromatic heterocycles. The summed E-state index contributed by atoms with van der Waals surface area (Å²) in [6.45, 7) is 0.949. The monoisotopic (exact) mass is 282 g/mol. The molecule has 7 nitrogen and oxygen atoms in total. The number of pyridine rings is 1. The lowest BCUT2D eigenvalue weighted by Gasteiger charge is -2.18. The van der Waals surface area contributed by atoms with Gasteiger partial charge in [0.1, 0.15) is 11.6 Å². The van der Waals surface area contributed by atoms with Crippen LogP contribution in [0.4, 0.5) is 5.82 Å². The van der Waals surface area contributed by atoms with Gasteiger partial charge in [0.05, 0.1) is 6.20 Å². The Morgan fingerprint density at radius 2 is 2.33 bits per heavy atom. The Kier molecular flexibility index (Phi) is 3.38. The van der Waals surface area contributed by atoms with Crippen molar-refractivity contribution in [3.8, 4) is 11.9 Å². The lowest BCUT2D eigenvalue weighted by Crippen LogP contribution is -2.28. The molecule has 0 aromatic carbocycles. The smallest absolute Gasteiger partial charge is 0.228 e. The van der Waals surface area contributed by atoms with Gasteiger partial charge in [-0.2, -0.15) is 15.0 Å². The molecule has 1 amide bonds. The second-order valence-electron chi connectivity index (χ2n) is 4.90. The predicted octanol–water partition coefficient (Wildman–Crippen LogP) is 0.451. The molecule has 1 saturated heterocycles. The summed E-state index contributed by atoms with van der Waals surface area (Å²) in [6.07, 6.45) is 3.49. The van der Waals surface area contributed by atoms with Crippen molar-refractivity contribution in [2.45, 2.75) is 6.42 Å². The van der Waals surface area contributed by atoms with E-state index in [0.717, 1.165) is 0 Å². The Bertz CT molecular complexity index is 702. The lowest BCUT2D eigenvalue weighted by molar-refractivity contribution is -0.117. The van der Waals surface area contributed by atoms with Gasteiger partial charge in [-0.15, -0.1) is 0 Å². The van der Waals surface area contributed by atoms with Crippen molar-refractivity contribution in [1.29, 1.82) is 5.26 Å². The van der Waals surface area contributed by atoms with Crippen molar-refractivity contribution in [3.05, 3.63) is 36.2 Å². The quantitative estimate of drug-likeness (QED) is 0.880. The number of anilines is 1. The Hall–Kier alpha value is -2.72. The molecule has 1 aliphatic rings. The Morgan fingerprint density at radius 1 is 1.48 bits per heavy atom. The molecule has 0 aliphatic carbocycles. The van der Waals surface area contributed by atoms with Crippen molar-refractivity contribution in [3.63, 3.8) is 0 Å². The van der Waals surface area contributed by atoms with E-state index in [1.807, 2.05) is 6.07 Å². The van der Waals surface area contributed by atoms with E-state index in [-0.39, 0.29) is 11.8 Å². The van der Waals surface area contributed by atoms with Gasteiger partial charge in [0.15, 0.2) is 11.6 Å². The van der Waals surface area contributed by atoms with Crippen LogP contribution in [0.2, 0.25) is 0 Å². The van der Waals surface area contributed by atoms with E-state index < -0.39 is 0 Å². The maximum absolute atomic E-state index is 12.2. The van der Waals surface area contributed by atoms with Gasteiger partial charge in [-0.1, -0.05) is 6.07 Å². The van der Waals surface area contributed by atoms with E-state index in [2.05, 4.69) is 16.2 Å². The Labute approximate surface area is 121 Å². The van der Waals surface area contributed by atoms with E-state index in [0.29, 0.717) is 36.7 Å². The summed E-state index contributed by atoms with van der Waals surface area (Å²) >= 11 is 0. The largest absolute Gasteiger partial charge is 0.330 e. The van der Waals surface area contributed by atoms with Crippen molar-refractivity contribution in [2.24, 2.45) is 11.7 Å². The van der Waals surface area contributed by atoms with E-state index in [9.17, 15) is 10.1 Å². The first-order valence-corrected chi connectivity index (χ1v) is 6.64. The third kappa shape index (κ3) is 2.26. The third-order valence-corrected chi connectivity index (χ3v) is 3.52. The van der Waals surface area contributed by atoms with Crippen LogP contribution in [-0.2, 0) is 4.79 Å². The zero-order valence-electron chi connectivity index (χ0n) is 11.3. The van der Waals surface area contributed by atoms with Gasteiger partial charge >= 0.3 is 0 Å². The van der Waals surface area contributed by atoms with E-state index in [1.165, 1.54) is 10.9 Å². The van der Waals surface area contributed by atoms with Crippen LogP contribution in [0.1, 0.15) is 12.0 Å². The molecule has 2 aromatic rings. The second kappa shape index (κ2) is 5.34. The van der Waals surface area contributed by atoms with Crippen LogP contribution in [0, 0.1) is 17.2 Å². The fourth-order valence-corrected chi connectivity index (χ4v) is 2.47. The van der Waals surface area contributed by atoms with Crippen LogP contribution in [0.25, 0.3) is 5.82 Å². The minimum absolute atomic E-state index is 0.0420. The number of aromatic nitrogens is 3. The highest BCUT2D eigenvalue weighted by Gasteiger charge is 2.33. The fraction of sp³-hybridized carbons (Fsp3) is 0.286. The summed E-state index contributed by atoms with van der Waals surface area (Å²) in [5, 5.41) is 13.5. The molecule has 1 fully saturated rings. The fourth-order valence-electron chi connectivity index (χ4n) is 2.47. The molecule has 1 unspecified atom stereocenters. The van der Waals surface area contributed by atoms with Gasteiger partial charge in [0.2, 0.25) is 5.91 Å². The summed E-state index contributed by atoms with van der Waals surface area (Å²) in [7, 11) is 0. The maximum Gasteiger partial charge on any atom is 0.228 e. The summed E-state index contributed by atoms with van der Waals surface area (Å²) in [5.74, 6) is 1.10. The number of amides is 1. The molecule has 1 aliphatic heterocycles. The standard InChI is InChI=1S/C14H14N6O/c15-6-10-5-13(21)19(9-10)14-11(7-16)8-18-20(14)12-3-1-2-4-17-12/h1-4,8,10H,5-6,9,15H2. The van der Waals surface area contributed by atoms with Crippen molar-refractivity contribution in [1.82, 2.24) is 14.8 Å². The summed E-state index contributed by atoms with van der Waals surface area (Å²) in [5.41, 5.74) is 6.01. The van der Waals surface area contributed by atoms with Crippen LogP contribution in [0.15, 0.2) is 30.6 Å². The molecule has 3 rings (SSSR count). The number of rotatable bonds is 3. The SMILES string of the molecule is N#Cc1cnn(-c2ccccn2)c1N1CC(CN)CC1=O. The van der Waals surface area contributed by atoms with Crippen molar-refractivity contribution in [2.75, 3.05) is 18.0 Å². The Morgan fingerprint density at radius 3 is 2.95 bits per heavy atom. The molecule has 3 heterocycles. The molecule has 106 valence electrons.